The summed E-state index contributed by atoms with van der Waals surface area (Å²) >= 11 is 1.34. The van der Waals surface area contributed by atoms with Crippen molar-refractivity contribution in [1.82, 2.24) is 0 Å². The first-order valence-corrected chi connectivity index (χ1v) is 5.60. The van der Waals surface area contributed by atoms with E-state index in [-0.39, 0.29) is 22.8 Å². The fourth-order valence-electron chi connectivity index (χ4n) is 1.10. The smallest absolute Gasteiger partial charge is 0.387 e. The largest absolute Gasteiger partial charge is 0.434 e. The minimum absolute atomic E-state index is 0.0634. The molecule has 0 bridgehead atoms. The second-order valence-electron chi connectivity index (χ2n) is 2.73. The molecule has 82 valence electrons. The van der Waals surface area contributed by atoms with Gasteiger partial charge in [0.05, 0.1) is 11.3 Å². The molecule has 1 aromatic rings. The Morgan fingerprint density at radius 1 is 1.47 bits per heavy atom. The van der Waals surface area contributed by atoms with Crippen LogP contribution in [0.3, 0.4) is 0 Å². The molecule has 0 aliphatic rings. The SMILES string of the molecule is CSCC(=O)c1ccccc1OC(F)F. The fourth-order valence-corrected chi connectivity index (χ4v) is 1.52. The van der Waals surface area contributed by atoms with Gasteiger partial charge >= 0.3 is 6.61 Å². The van der Waals surface area contributed by atoms with Crippen LogP contribution in [0.4, 0.5) is 8.78 Å². The molecule has 1 aromatic carbocycles. The molecule has 2 nitrogen and oxygen atoms in total. The molecule has 15 heavy (non-hydrogen) atoms. The Kier molecular flexibility index (Phi) is 4.55. The average molecular weight is 232 g/mol. The van der Waals surface area contributed by atoms with Gasteiger partial charge in [-0.2, -0.15) is 20.5 Å². The Hall–Kier alpha value is -1.10. The van der Waals surface area contributed by atoms with Crippen molar-refractivity contribution >= 4 is 17.5 Å². The van der Waals surface area contributed by atoms with Gasteiger partial charge in [0, 0.05) is 0 Å². The third-order valence-electron chi connectivity index (χ3n) is 1.68. The van der Waals surface area contributed by atoms with E-state index < -0.39 is 6.61 Å². The Morgan fingerprint density at radius 2 is 2.13 bits per heavy atom. The van der Waals surface area contributed by atoms with E-state index in [2.05, 4.69) is 4.74 Å². The molecule has 0 heterocycles. The van der Waals surface area contributed by atoms with Crippen molar-refractivity contribution < 1.29 is 18.3 Å². The molecule has 0 aliphatic carbocycles. The van der Waals surface area contributed by atoms with Crippen molar-refractivity contribution in [3.63, 3.8) is 0 Å². The summed E-state index contributed by atoms with van der Waals surface area (Å²) in [5.74, 6) is -0.0193. The van der Waals surface area contributed by atoms with Gasteiger partial charge in [0.1, 0.15) is 5.75 Å². The fraction of sp³-hybridized carbons (Fsp3) is 0.300. The number of alkyl halides is 2. The van der Waals surface area contributed by atoms with Crippen LogP contribution >= 0.6 is 11.8 Å². The summed E-state index contributed by atoms with van der Waals surface area (Å²) in [6.45, 7) is -2.91. The Labute approximate surface area is 90.6 Å². The van der Waals surface area contributed by atoms with Crippen LogP contribution in [0.5, 0.6) is 5.75 Å². The number of para-hydroxylation sites is 1. The first kappa shape index (κ1) is 12.0. The van der Waals surface area contributed by atoms with Gasteiger partial charge in [0.15, 0.2) is 5.78 Å². The van der Waals surface area contributed by atoms with E-state index in [1.54, 1.807) is 18.4 Å². The highest BCUT2D eigenvalue weighted by Gasteiger charge is 2.14. The van der Waals surface area contributed by atoms with Crippen LogP contribution in [-0.4, -0.2) is 24.4 Å². The minimum Gasteiger partial charge on any atom is -0.434 e. The van der Waals surface area contributed by atoms with Gasteiger partial charge < -0.3 is 4.74 Å². The number of hydrogen-bond donors (Lipinski definition) is 0. The second kappa shape index (κ2) is 5.70. The molecule has 0 unspecified atom stereocenters. The zero-order chi connectivity index (χ0) is 11.3. The maximum Gasteiger partial charge on any atom is 0.387 e. The van der Waals surface area contributed by atoms with Gasteiger partial charge in [-0.3, -0.25) is 4.79 Å². The van der Waals surface area contributed by atoms with Crippen LogP contribution in [0.25, 0.3) is 0 Å². The highest BCUT2D eigenvalue weighted by atomic mass is 32.2. The molecule has 0 fully saturated rings. The molecule has 5 heteroatoms. The third-order valence-corrected chi connectivity index (χ3v) is 2.23. The number of rotatable bonds is 5. The summed E-state index contributed by atoms with van der Waals surface area (Å²) in [5, 5.41) is 0. The molecule has 0 saturated carbocycles. The molecule has 0 radical (unpaired) electrons. The zero-order valence-electron chi connectivity index (χ0n) is 8.07. The number of halogens is 2. The summed E-state index contributed by atoms with van der Waals surface area (Å²) in [5.41, 5.74) is 0.201. The molecule has 0 amide bonds. The number of ketones is 1. The quantitative estimate of drug-likeness (QED) is 0.730. The van der Waals surface area contributed by atoms with Crippen molar-refractivity contribution in [2.75, 3.05) is 12.0 Å². The molecule has 0 aliphatic heterocycles. The van der Waals surface area contributed by atoms with Crippen LogP contribution in [0.1, 0.15) is 10.4 Å². The number of carbonyl (C=O) groups is 1. The molecule has 0 atom stereocenters. The van der Waals surface area contributed by atoms with Gasteiger partial charge in [-0.25, -0.2) is 0 Å². The number of carbonyl (C=O) groups excluding carboxylic acids is 1. The lowest BCUT2D eigenvalue weighted by Gasteiger charge is -2.08. The Bertz CT molecular complexity index is 342. The van der Waals surface area contributed by atoms with Gasteiger partial charge in [-0.1, -0.05) is 12.1 Å². The van der Waals surface area contributed by atoms with Crippen LogP contribution in [0.2, 0.25) is 0 Å². The van der Waals surface area contributed by atoms with Crippen LogP contribution in [0, 0.1) is 0 Å². The monoisotopic (exact) mass is 232 g/mol. The molecule has 0 saturated heterocycles. The molecule has 1 rings (SSSR count). The third kappa shape index (κ3) is 3.51. The maximum atomic E-state index is 12.0. The summed E-state index contributed by atoms with van der Waals surface area (Å²) in [6.07, 6.45) is 1.77. The minimum atomic E-state index is -2.91. The Balaban J connectivity index is 2.90. The second-order valence-corrected chi connectivity index (χ2v) is 3.60. The van der Waals surface area contributed by atoms with Crippen LogP contribution in [0.15, 0.2) is 24.3 Å². The van der Waals surface area contributed by atoms with Crippen molar-refractivity contribution in [3.8, 4) is 5.75 Å². The van der Waals surface area contributed by atoms with Crippen LogP contribution < -0.4 is 4.74 Å². The summed E-state index contributed by atoms with van der Waals surface area (Å²) in [4.78, 5) is 11.5. The summed E-state index contributed by atoms with van der Waals surface area (Å²) in [6, 6.07) is 6.01. The standard InChI is InChI=1S/C10H10F2O2S/c1-15-6-8(13)7-4-2-3-5-9(7)14-10(11)12/h2-5,10H,6H2,1H3. The first-order chi connectivity index (χ1) is 7.15. The number of ether oxygens (including phenoxy) is 1. The first-order valence-electron chi connectivity index (χ1n) is 4.21. The van der Waals surface area contributed by atoms with E-state index in [1.807, 2.05) is 0 Å². The van der Waals surface area contributed by atoms with Gasteiger partial charge in [-0.05, 0) is 18.4 Å². The lowest BCUT2D eigenvalue weighted by molar-refractivity contribution is -0.0501. The molecular weight excluding hydrogens is 222 g/mol. The van der Waals surface area contributed by atoms with E-state index >= 15 is 0 Å². The highest BCUT2D eigenvalue weighted by molar-refractivity contribution is 7.99. The summed E-state index contributed by atoms with van der Waals surface area (Å²) < 4.78 is 28.3. The lowest BCUT2D eigenvalue weighted by Crippen LogP contribution is -2.09. The normalized spacial score (nSPS) is 10.4. The highest BCUT2D eigenvalue weighted by Crippen LogP contribution is 2.21. The molecule has 0 spiro atoms. The van der Waals surface area contributed by atoms with Gasteiger partial charge in [-0.15, -0.1) is 0 Å². The van der Waals surface area contributed by atoms with Crippen molar-refractivity contribution in [1.29, 1.82) is 0 Å². The van der Waals surface area contributed by atoms with Gasteiger partial charge in [0.2, 0.25) is 0 Å². The van der Waals surface area contributed by atoms with E-state index in [4.69, 9.17) is 0 Å². The number of Topliss-reactive ketones (excluding diaryl/α,β-unsaturated/α-hetero) is 1. The topological polar surface area (TPSA) is 26.3 Å². The van der Waals surface area contributed by atoms with Crippen molar-refractivity contribution in [2.24, 2.45) is 0 Å². The predicted octanol–water partition coefficient (Wildman–Crippen LogP) is 2.83. The zero-order valence-corrected chi connectivity index (χ0v) is 8.89. The number of benzene rings is 1. The predicted molar refractivity (Wildman–Crippen MR) is 55.8 cm³/mol. The van der Waals surface area contributed by atoms with E-state index in [0.29, 0.717) is 0 Å². The van der Waals surface area contributed by atoms with E-state index in [0.717, 1.165) is 0 Å². The van der Waals surface area contributed by atoms with Gasteiger partial charge in [0.25, 0.3) is 0 Å². The number of hydrogen-bond acceptors (Lipinski definition) is 3. The van der Waals surface area contributed by atoms with Crippen molar-refractivity contribution in [2.45, 2.75) is 6.61 Å². The van der Waals surface area contributed by atoms with Crippen molar-refractivity contribution in [3.05, 3.63) is 29.8 Å². The molecular formula is C10H10F2O2S. The number of thioether (sulfide) groups is 1. The maximum absolute atomic E-state index is 12.0. The molecule has 0 aromatic heterocycles. The Morgan fingerprint density at radius 3 is 2.73 bits per heavy atom. The summed E-state index contributed by atoms with van der Waals surface area (Å²) in [7, 11) is 0. The lowest BCUT2D eigenvalue weighted by atomic mass is 10.1. The molecule has 0 N–H and O–H groups in total. The average Bonchev–Trinajstić information content (AvgIpc) is 2.18. The van der Waals surface area contributed by atoms with Crippen LogP contribution in [-0.2, 0) is 0 Å². The van der Waals surface area contributed by atoms with E-state index in [9.17, 15) is 13.6 Å². The van der Waals surface area contributed by atoms with E-state index in [1.165, 1.54) is 23.9 Å².